The van der Waals surface area contributed by atoms with Crippen molar-refractivity contribution in [2.45, 2.75) is 38.3 Å². The summed E-state index contributed by atoms with van der Waals surface area (Å²) in [5.41, 5.74) is 4.63. The number of rotatable bonds is 1. The molecule has 3 aliphatic rings. The molecule has 21 heavy (non-hydrogen) atoms. The van der Waals surface area contributed by atoms with Crippen LogP contribution in [0.25, 0.3) is 0 Å². The summed E-state index contributed by atoms with van der Waals surface area (Å²) >= 11 is 0. The number of nitrogens with one attached hydrogen (secondary N) is 1. The van der Waals surface area contributed by atoms with Gasteiger partial charge in [0.05, 0.1) is 0 Å². The predicted octanol–water partition coefficient (Wildman–Crippen LogP) is 2.25. The number of piperidine rings is 2. The first-order valence-corrected chi connectivity index (χ1v) is 8.59. The Morgan fingerprint density at radius 2 is 2.14 bits per heavy atom. The van der Waals surface area contributed by atoms with Gasteiger partial charge in [0.1, 0.15) is 0 Å². The lowest BCUT2D eigenvalue weighted by molar-refractivity contribution is 0.102. The zero-order chi connectivity index (χ0) is 14.2. The van der Waals surface area contributed by atoms with Crippen molar-refractivity contribution in [2.24, 2.45) is 5.92 Å². The van der Waals surface area contributed by atoms with Crippen LogP contribution >= 0.6 is 0 Å². The van der Waals surface area contributed by atoms with Crippen LogP contribution in [-0.4, -0.2) is 44.2 Å². The molecule has 2 unspecified atom stereocenters. The maximum Gasteiger partial charge on any atom is 0.0414 e. The molecule has 2 saturated heterocycles. The molecule has 0 amide bonds. The van der Waals surface area contributed by atoms with Gasteiger partial charge in [0.15, 0.2) is 0 Å². The van der Waals surface area contributed by atoms with E-state index in [1.54, 1.807) is 11.1 Å². The number of fused-ring (bicyclic) bond motifs is 2. The van der Waals surface area contributed by atoms with Crippen LogP contribution in [0.4, 0.5) is 5.69 Å². The van der Waals surface area contributed by atoms with Crippen molar-refractivity contribution in [3.8, 4) is 0 Å². The highest BCUT2D eigenvalue weighted by Gasteiger charge is 2.34. The van der Waals surface area contributed by atoms with Gasteiger partial charge in [-0.1, -0.05) is 12.1 Å². The van der Waals surface area contributed by atoms with Crippen molar-refractivity contribution in [1.82, 2.24) is 10.2 Å². The van der Waals surface area contributed by atoms with Crippen LogP contribution in [0.15, 0.2) is 18.2 Å². The number of anilines is 1. The molecule has 1 N–H and O–H groups in total. The molecule has 1 aromatic carbocycles. The van der Waals surface area contributed by atoms with Crippen LogP contribution in [0, 0.1) is 5.92 Å². The van der Waals surface area contributed by atoms with Crippen LogP contribution in [0.2, 0.25) is 0 Å². The van der Waals surface area contributed by atoms with Gasteiger partial charge in [0, 0.05) is 31.4 Å². The Kier molecular flexibility index (Phi) is 3.64. The number of hydrogen-bond donors (Lipinski definition) is 1. The lowest BCUT2D eigenvalue weighted by Gasteiger charge is -2.47. The van der Waals surface area contributed by atoms with Crippen molar-refractivity contribution < 1.29 is 0 Å². The van der Waals surface area contributed by atoms with E-state index in [9.17, 15) is 0 Å². The molecule has 3 heteroatoms. The van der Waals surface area contributed by atoms with Gasteiger partial charge in [0.25, 0.3) is 0 Å². The van der Waals surface area contributed by atoms with Crippen molar-refractivity contribution in [2.75, 3.05) is 38.1 Å². The standard InChI is InChI=1S/C18H27N3/c1-20-10-3-5-15-13-21(11-8-17(15)20)18-6-2-4-14-7-9-19-12-16(14)18/h2,4,6,15,17,19H,3,5,7-13H2,1H3. The van der Waals surface area contributed by atoms with E-state index in [4.69, 9.17) is 0 Å². The Labute approximate surface area is 128 Å². The topological polar surface area (TPSA) is 18.5 Å². The van der Waals surface area contributed by atoms with E-state index >= 15 is 0 Å². The van der Waals surface area contributed by atoms with Gasteiger partial charge in [-0.15, -0.1) is 0 Å². The molecule has 2 fully saturated rings. The van der Waals surface area contributed by atoms with E-state index in [-0.39, 0.29) is 0 Å². The summed E-state index contributed by atoms with van der Waals surface area (Å²) in [6.45, 7) is 5.96. The first-order valence-electron chi connectivity index (χ1n) is 8.59. The summed E-state index contributed by atoms with van der Waals surface area (Å²) in [5.74, 6) is 0.866. The second-order valence-corrected chi connectivity index (χ2v) is 7.03. The van der Waals surface area contributed by atoms with Gasteiger partial charge in [-0.3, -0.25) is 0 Å². The van der Waals surface area contributed by atoms with Crippen LogP contribution < -0.4 is 10.2 Å². The summed E-state index contributed by atoms with van der Waals surface area (Å²) < 4.78 is 0. The zero-order valence-electron chi connectivity index (χ0n) is 13.1. The molecule has 2 atom stereocenters. The van der Waals surface area contributed by atoms with Crippen molar-refractivity contribution in [3.63, 3.8) is 0 Å². The third kappa shape index (κ3) is 2.47. The molecule has 114 valence electrons. The lowest BCUT2D eigenvalue weighted by Crippen LogP contribution is -2.53. The molecular formula is C18H27N3. The Morgan fingerprint density at radius 1 is 1.19 bits per heavy atom. The summed E-state index contributed by atoms with van der Waals surface area (Å²) in [6.07, 6.45) is 5.31. The highest BCUT2D eigenvalue weighted by atomic mass is 15.2. The normalized spacial score (nSPS) is 29.9. The van der Waals surface area contributed by atoms with Gasteiger partial charge in [-0.05, 0) is 68.9 Å². The third-order valence-corrected chi connectivity index (χ3v) is 5.81. The molecule has 0 bridgehead atoms. The molecule has 1 aromatic rings. The highest BCUT2D eigenvalue weighted by molar-refractivity contribution is 5.58. The number of likely N-dealkylation sites (tertiary alicyclic amines) is 1. The van der Waals surface area contributed by atoms with E-state index in [0.717, 1.165) is 25.0 Å². The first-order chi connectivity index (χ1) is 10.3. The van der Waals surface area contributed by atoms with Crippen molar-refractivity contribution in [1.29, 1.82) is 0 Å². The van der Waals surface area contributed by atoms with Gasteiger partial charge in [-0.25, -0.2) is 0 Å². The smallest absolute Gasteiger partial charge is 0.0414 e. The van der Waals surface area contributed by atoms with E-state index < -0.39 is 0 Å². The first kappa shape index (κ1) is 13.6. The van der Waals surface area contributed by atoms with Crippen LogP contribution in [0.5, 0.6) is 0 Å². The van der Waals surface area contributed by atoms with Crippen molar-refractivity contribution >= 4 is 5.69 Å². The highest BCUT2D eigenvalue weighted by Crippen LogP contribution is 2.34. The Hall–Kier alpha value is -1.06. The van der Waals surface area contributed by atoms with Gasteiger partial charge in [-0.2, -0.15) is 0 Å². The predicted molar refractivity (Wildman–Crippen MR) is 87.8 cm³/mol. The fourth-order valence-electron chi connectivity index (χ4n) is 4.66. The minimum Gasteiger partial charge on any atom is -0.371 e. The van der Waals surface area contributed by atoms with Crippen LogP contribution in [0.1, 0.15) is 30.4 Å². The molecule has 0 spiro atoms. The third-order valence-electron chi connectivity index (χ3n) is 5.81. The second kappa shape index (κ2) is 5.62. The SMILES string of the molecule is CN1CCCC2CN(c3cccc4c3CNCC4)CCC21. The van der Waals surface area contributed by atoms with Gasteiger partial charge in [0.2, 0.25) is 0 Å². The quantitative estimate of drug-likeness (QED) is 0.854. The van der Waals surface area contributed by atoms with E-state index in [1.165, 1.54) is 51.0 Å². The second-order valence-electron chi connectivity index (χ2n) is 7.03. The summed E-state index contributed by atoms with van der Waals surface area (Å²) in [6, 6.07) is 7.76. The molecular weight excluding hydrogens is 258 g/mol. The molecule has 0 radical (unpaired) electrons. The zero-order valence-corrected chi connectivity index (χ0v) is 13.1. The number of nitrogens with zero attached hydrogens (tertiary/aromatic N) is 2. The fourth-order valence-corrected chi connectivity index (χ4v) is 4.66. The summed E-state index contributed by atoms with van der Waals surface area (Å²) in [7, 11) is 2.32. The Bertz CT molecular complexity index is 513. The molecule has 3 aliphatic heterocycles. The van der Waals surface area contributed by atoms with E-state index in [1.807, 2.05) is 0 Å². The van der Waals surface area contributed by atoms with Crippen LogP contribution in [0.3, 0.4) is 0 Å². The number of hydrogen-bond acceptors (Lipinski definition) is 3. The van der Waals surface area contributed by atoms with E-state index in [0.29, 0.717) is 0 Å². The van der Waals surface area contributed by atoms with Crippen LogP contribution in [-0.2, 0) is 13.0 Å². The molecule has 0 saturated carbocycles. The molecule has 0 aromatic heterocycles. The molecule has 0 aliphatic carbocycles. The van der Waals surface area contributed by atoms with Gasteiger partial charge < -0.3 is 15.1 Å². The average Bonchev–Trinajstić information content (AvgIpc) is 2.54. The number of benzene rings is 1. The minimum absolute atomic E-state index is 0.827. The fraction of sp³-hybridized carbons (Fsp3) is 0.667. The molecule has 4 rings (SSSR count). The monoisotopic (exact) mass is 285 g/mol. The van der Waals surface area contributed by atoms with Crippen molar-refractivity contribution in [3.05, 3.63) is 29.3 Å². The maximum atomic E-state index is 3.55. The van der Waals surface area contributed by atoms with E-state index in [2.05, 4.69) is 40.4 Å². The lowest BCUT2D eigenvalue weighted by atomic mass is 9.83. The summed E-state index contributed by atoms with van der Waals surface area (Å²) in [5, 5.41) is 3.55. The molecule has 3 heterocycles. The minimum atomic E-state index is 0.827. The van der Waals surface area contributed by atoms with Gasteiger partial charge >= 0.3 is 0 Å². The molecule has 3 nitrogen and oxygen atoms in total. The average molecular weight is 285 g/mol. The maximum absolute atomic E-state index is 3.55. The Morgan fingerprint density at radius 3 is 3.10 bits per heavy atom. The summed E-state index contributed by atoms with van der Waals surface area (Å²) in [4.78, 5) is 5.28. The Balaban J connectivity index is 1.58. The largest absolute Gasteiger partial charge is 0.371 e.